The van der Waals surface area contributed by atoms with E-state index in [1.54, 1.807) is 12.1 Å². The lowest BCUT2D eigenvalue weighted by Crippen LogP contribution is -2.24. The number of amides is 1. The molecule has 1 aromatic heterocycles. The molecule has 1 atom stereocenters. The molecule has 1 amide bonds. The zero-order valence-corrected chi connectivity index (χ0v) is 18.1. The van der Waals surface area contributed by atoms with Gasteiger partial charge in [-0.25, -0.2) is 4.39 Å². The number of benzene rings is 2. The van der Waals surface area contributed by atoms with Crippen LogP contribution in [0.25, 0.3) is 0 Å². The number of rotatable bonds is 9. The van der Waals surface area contributed by atoms with Crippen molar-refractivity contribution in [1.82, 2.24) is 20.1 Å². The maximum Gasteiger partial charge on any atom is 0.230 e. The summed E-state index contributed by atoms with van der Waals surface area (Å²) in [6.07, 6.45) is -0.368. The predicted molar refractivity (Wildman–Crippen MR) is 115 cm³/mol. The lowest BCUT2D eigenvalue weighted by Gasteiger charge is -2.15. The van der Waals surface area contributed by atoms with Crippen molar-refractivity contribution in [3.63, 3.8) is 0 Å². The number of nitrogens with zero attached hydrogens (tertiary/aromatic N) is 3. The van der Waals surface area contributed by atoms with Crippen LogP contribution in [0, 0.1) is 12.7 Å². The predicted octanol–water partition coefficient (Wildman–Crippen LogP) is 4.29. The molecule has 0 aliphatic carbocycles. The number of carbonyl (C=O) groups excluding carboxylic acids is 1. The highest BCUT2D eigenvalue weighted by Crippen LogP contribution is 2.24. The molecule has 0 fully saturated rings. The molecule has 0 spiro atoms. The summed E-state index contributed by atoms with van der Waals surface area (Å²) in [6, 6.07) is 13.9. The van der Waals surface area contributed by atoms with E-state index >= 15 is 0 Å². The first kappa shape index (κ1) is 21.8. The normalized spacial score (nSPS) is 11.9. The lowest BCUT2D eigenvalue weighted by atomic mass is 10.1. The Bertz CT molecular complexity index is 974. The molecule has 0 radical (unpaired) electrons. The van der Waals surface area contributed by atoms with Gasteiger partial charge in [-0.2, -0.15) is 0 Å². The number of hydrogen-bond acceptors (Lipinski definition) is 5. The van der Waals surface area contributed by atoms with Gasteiger partial charge in [0.15, 0.2) is 17.1 Å². The van der Waals surface area contributed by atoms with Crippen molar-refractivity contribution in [2.24, 2.45) is 0 Å². The molecule has 6 nitrogen and oxygen atoms in total. The third-order valence-electron chi connectivity index (χ3n) is 4.49. The van der Waals surface area contributed by atoms with E-state index in [0.29, 0.717) is 29.8 Å². The van der Waals surface area contributed by atoms with E-state index in [0.717, 1.165) is 5.56 Å². The van der Waals surface area contributed by atoms with Crippen molar-refractivity contribution in [1.29, 1.82) is 0 Å². The summed E-state index contributed by atoms with van der Waals surface area (Å²) in [5.41, 5.74) is 2.25. The maximum absolute atomic E-state index is 13.1. The second-order valence-corrected chi connectivity index (χ2v) is 7.79. The number of carbonyl (C=O) groups is 1. The van der Waals surface area contributed by atoms with Gasteiger partial charge in [-0.05, 0) is 50.6 Å². The van der Waals surface area contributed by atoms with Gasteiger partial charge in [0.25, 0.3) is 0 Å². The van der Waals surface area contributed by atoms with Gasteiger partial charge in [0.05, 0.1) is 5.75 Å². The monoisotopic (exact) mass is 428 g/mol. The topological polar surface area (TPSA) is 69.0 Å². The SMILES string of the molecule is CCn1c(SCC(=O)NCc2ccc(C)cc2)nnc1C(C)Oc1ccc(F)cc1. The summed E-state index contributed by atoms with van der Waals surface area (Å²) >= 11 is 1.34. The highest BCUT2D eigenvalue weighted by atomic mass is 32.2. The first-order valence-corrected chi connectivity index (χ1v) is 10.7. The first-order valence-electron chi connectivity index (χ1n) is 9.76. The summed E-state index contributed by atoms with van der Waals surface area (Å²) in [5.74, 6) is 1.08. The highest BCUT2D eigenvalue weighted by molar-refractivity contribution is 7.99. The lowest BCUT2D eigenvalue weighted by molar-refractivity contribution is -0.118. The van der Waals surface area contributed by atoms with Gasteiger partial charge >= 0.3 is 0 Å². The smallest absolute Gasteiger partial charge is 0.230 e. The van der Waals surface area contributed by atoms with Gasteiger partial charge in [0.2, 0.25) is 5.91 Å². The molecule has 0 aliphatic rings. The largest absolute Gasteiger partial charge is 0.483 e. The van der Waals surface area contributed by atoms with Crippen molar-refractivity contribution >= 4 is 17.7 Å². The molecule has 2 aromatic carbocycles. The summed E-state index contributed by atoms with van der Waals surface area (Å²) < 4.78 is 20.8. The third kappa shape index (κ3) is 5.82. The van der Waals surface area contributed by atoms with E-state index in [1.165, 1.54) is 29.5 Å². The summed E-state index contributed by atoms with van der Waals surface area (Å²) in [7, 11) is 0. The van der Waals surface area contributed by atoms with Crippen molar-refractivity contribution in [2.75, 3.05) is 5.75 Å². The number of aromatic nitrogens is 3. The molecule has 1 unspecified atom stereocenters. The molecule has 158 valence electrons. The van der Waals surface area contributed by atoms with Gasteiger partial charge in [-0.1, -0.05) is 41.6 Å². The standard InChI is InChI=1S/C22H25FN4O2S/c1-4-27-21(16(3)29-19-11-9-18(23)10-12-19)25-26-22(27)30-14-20(28)24-13-17-7-5-15(2)6-8-17/h5-12,16H,4,13-14H2,1-3H3,(H,24,28). The van der Waals surface area contributed by atoms with Crippen molar-refractivity contribution in [3.8, 4) is 5.75 Å². The number of ether oxygens (including phenoxy) is 1. The Morgan fingerprint density at radius 2 is 1.87 bits per heavy atom. The molecule has 0 saturated carbocycles. The Morgan fingerprint density at radius 1 is 1.17 bits per heavy atom. The van der Waals surface area contributed by atoms with Crippen molar-refractivity contribution in [2.45, 2.75) is 45.1 Å². The van der Waals surface area contributed by atoms with Crippen LogP contribution in [0.4, 0.5) is 4.39 Å². The Balaban J connectivity index is 1.56. The fourth-order valence-corrected chi connectivity index (χ4v) is 3.70. The molecular weight excluding hydrogens is 403 g/mol. The van der Waals surface area contributed by atoms with E-state index < -0.39 is 0 Å². The Kier molecular flexibility index (Phi) is 7.46. The molecule has 3 rings (SSSR count). The fraction of sp³-hybridized carbons (Fsp3) is 0.318. The van der Waals surface area contributed by atoms with E-state index in [4.69, 9.17) is 4.74 Å². The van der Waals surface area contributed by atoms with Crippen LogP contribution < -0.4 is 10.1 Å². The average molecular weight is 429 g/mol. The molecule has 0 bridgehead atoms. The van der Waals surface area contributed by atoms with Gasteiger partial charge in [0.1, 0.15) is 11.6 Å². The van der Waals surface area contributed by atoms with Crippen LogP contribution in [0.5, 0.6) is 5.75 Å². The second-order valence-electron chi connectivity index (χ2n) is 6.85. The first-order chi connectivity index (χ1) is 14.5. The minimum Gasteiger partial charge on any atom is -0.483 e. The zero-order chi connectivity index (χ0) is 21.5. The Hall–Kier alpha value is -2.87. The molecule has 8 heteroatoms. The van der Waals surface area contributed by atoms with Crippen LogP contribution in [0.2, 0.25) is 0 Å². The molecule has 0 saturated heterocycles. The molecule has 0 aliphatic heterocycles. The van der Waals surface area contributed by atoms with Crippen LogP contribution in [0.15, 0.2) is 53.7 Å². The summed E-state index contributed by atoms with van der Waals surface area (Å²) in [6.45, 7) is 7.02. The number of aryl methyl sites for hydroxylation is 1. The molecular formula is C22H25FN4O2S. The van der Waals surface area contributed by atoms with Crippen LogP contribution in [-0.4, -0.2) is 26.4 Å². The molecule has 1 N–H and O–H groups in total. The molecule has 1 heterocycles. The van der Waals surface area contributed by atoms with Gasteiger partial charge < -0.3 is 14.6 Å². The summed E-state index contributed by atoms with van der Waals surface area (Å²) in [4.78, 5) is 12.2. The number of halogens is 1. The second kappa shape index (κ2) is 10.2. The average Bonchev–Trinajstić information content (AvgIpc) is 3.16. The van der Waals surface area contributed by atoms with Gasteiger partial charge in [-0.3, -0.25) is 4.79 Å². The number of nitrogens with one attached hydrogen (secondary N) is 1. The van der Waals surface area contributed by atoms with E-state index in [1.807, 2.05) is 49.6 Å². The fourth-order valence-electron chi connectivity index (χ4n) is 2.86. The molecule has 3 aromatic rings. The Labute approximate surface area is 179 Å². The summed E-state index contributed by atoms with van der Waals surface area (Å²) in [5, 5.41) is 12.0. The molecule has 30 heavy (non-hydrogen) atoms. The third-order valence-corrected chi connectivity index (χ3v) is 5.46. The van der Waals surface area contributed by atoms with Gasteiger partial charge in [-0.15, -0.1) is 10.2 Å². The minimum atomic E-state index is -0.368. The van der Waals surface area contributed by atoms with Crippen LogP contribution >= 0.6 is 11.8 Å². The van der Waals surface area contributed by atoms with Crippen LogP contribution in [-0.2, 0) is 17.9 Å². The van der Waals surface area contributed by atoms with Gasteiger partial charge in [0, 0.05) is 13.1 Å². The number of hydrogen-bond donors (Lipinski definition) is 1. The van der Waals surface area contributed by atoms with Crippen LogP contribution in [0.1, 0.15) is 36.9 Å². The van der Waals surface area contributed by atoms with Crippen molar-refractivity contribution in [3.05, 3.63) is 71.3 Å². The van der Waals surface area contributed by atoms with Crippen molar-refractivity contribution < 1.29 is 13.9 Å². The van der Waals surface area contributed by atoms with E-state index in [-0.39, 0.29) is 23.6 Å². The zero-order valence-electron chi connectivity index (χ0n) is 17.3. The maximum atomic E-state index is 13.1. The van der Waals surface area contributed by atoms with Crippen LogP contribution in [0.3, 0.4) is 0 Å². The van der Waals surface area contributed by atoms with E-state index in [9.17, 15) is 9.18 Å². The Morgan fingerprint density at radius 3 is 2.53 bits per heavy atom. The van der Waals surface area contributed by atoms with E-state index in [2.05, 4.69) is 15.5 Å². The highest BCUT2D eigenvalue weighted by Gasteiger charge is 2.19. The quantitative estimate of drug-likeness (QED) is 0.515. The number of thioether (sulfide) groups is 1. The minimum absolute atomic E-state index is 0.0663.